The van der Waals surface area contributed by atoms with Gasteiger partial charge in [0, 0.05) is 18.1 Å². The van der Waals surface area contributed by atoms with Crippen LogP contribution in [0.4, 0.5) is 0 Å². The lowest BCUT2D eigenvalue weighted by atomic mass is 10.00. The first kappa shape index (κ1) is 22.9. The molecule has 24 heavy (non-hydrogen) atoms. The van der Waals surface area contributed by atoms with Gasteiger partial charge in [-0.3, -0.25) is 0 Å². The molecule has 0 spiro atoms. The lowest BCUT2D eigenvalue weighted by Crippen LogP contribution is -1.93. The van der Waals surface area contributed by atoms with E-state index in [-0.39, 0.29) is 5.92 Å². The number of rotatable bonds is 18. The molecule has 0 bridgehead atoms. The Balaban J connectivity index is 3.22. The van der Waals surface area contributed by atoms with Crippen molar-refractivity contribution in [2.75, 3.05) is 0 Å². The Bertz CT molecular complexity index is 331. The summed E-state index contributed by atoms with van der Waals surface area (Å²) in [4.78, 5) is 20.6. The maximum atomic E-state index is 10.3. The normalized spacial score (nSPS) is 11.5. The zero-order valence-corrected chi connectivity index (χ0v) is 15.9. The molecular weight excluding hydrogens is 296 g/mol. The van der Waals surface area contributed by atoms with Gasteiger partial charge in [0.15, 0.2) is 0 Å². The van der Waals surface area contributed by atoms with Gasteiger partial charge in [-0.1, -0.05) is 103 Å². The molecule has 0 fully saturated rings. The van der Waals surface area contributed by atoms with Crippen LogP contribution in [0.25, 0.3) is 0 Å². The zero-order valence-electron chi connectivity index (χ0n) is 15.9. The van der Waals surface area contributed by atoms with Crippen molar-refractivity contribution in [3.05, 3.63) is 12.2 Å². The van der Waals surface area contributed by atoms with Gasteiger partial charge < -0.3 is 0 Å². The molecule has 0 radical (unpaired) electrons. The maximum Gasteiger partial charge on any atom is 0.120 e. The second kappa shape index (κ2) is 19.9. The molecule has 2 heteroatoms. The van der Waals surface area contributed by atoms with Gasteiger partial charge in [-0.25, -0.2) is 9.59 Å². The third-order valence-corrected chi connectivity index (χ3v) is 4.71. The summed E-state index contributed by atoms with van der Waals surface area (Å²) in [7, 11) is 0. The Morgan fingerprint density at radius 1 is 0.583 bits per heavy atom. The van der Waals surface area contributed by atoms with E-state index >= 15 is 0 Å². The minimum Gasteiger partial charge on any atom is -0.234 e. The van der Waals surface area contributed by atoms with Gasteiger partial charge in [0.2, 0.25) is 0 Å². The van der Waals surface area contributed by atoms with Gasteiger partial charge in [-0.05, 0) is 6.42 Å². The molecule has 0 aromatic rings. The van der Waals surface area contributed by atoms with Crippen LogP contribution in [0.5, 0.6) is 0 Å². The van der Waals surface area contributed by atoms with E-state index in [1.807, 2.05) is 0 Å². The highest BCUT2D eigenvalue weighted by Crippen LogP contribution is 2.15. The molecule has 0 amide bonds. The lowest BCUT2D eigenvalue weighted by Gasteiger charge is -2.05. The fourth-order valence-electron chi connectivity index (χ4n) is 3.14. The highest BCUT2D eigenvalue weighted by Gasteiger charge is 2.01. The maximum absolute atomic E-state index is 10.3. The number of hydrogen-bond donors (Lipinski definition) is 0. The second-order valence-electron chi connectivity index (χ2n) is 6.97. The number of carbonyl (C=O) groups excluding carboxylic acids is 2. The summed E-state index contributed by atoms with van der Waals surface area (Å²) < 4.78 is 0. The van der Waals surface area contributed by atoms with Gasteiger partial charge in [-0.15, -0.1) is 0 Å². The summed E-state index contributed by atoms with van der Waals surface area (Å²) in [5.41, 5.74) is 0. The van der Waals surface area contributed by atoms with Crippen molar-refractivity contribution in [1.29, 1.82) is 0 Å². The summed E-state index contributed by atoms with van der Waals surface area (Å²) >= 11 is 0. The van der Waals surface area contributed by atoms with Crippen molar-refractivity contribution in [2.45, 2.75) is 110 Å². The topological polar surface area (TPSA) is 34.1 Å². The van der Waals surface area contributed by atoms with Gasteiger partial charge in [0.25, 0.3) is 0 Å². The molecule has 138 valence electrons. The summed E-state index contributed by atoms with van der Waals surface area (Å²) in [6.07, 6.45) is 24.0. The molecule has 2 nitrogen and oxygen atoms in total. The Morgan fingerprint density at radius 3 is 1.25 bits per heavy atom. The average Bonchev–Trinajstić information content (AvgIpc) is 2.58. The third-order valence-electron chi connectivity index (χ3n) is 4.71. The van der Waals surface area contributed by atoms with Crippen LogP contribution >= 0.6 is 0 Å². The van der Waals surface area contributed by atoms with Gasteiger partial charge in [-0.2, -0.15) is 0 Å². The van der Waals surface area contributed by atoms with Crippen molar-refractivity contribution in [1.82, 2.24) is 0 Å². The number of unbranched alkanes of at least 4 members (excludes halogenated alkanes) is 14. The first-order valence-corrected chi connectivity index (χ1v) is 10.3. The molecule has 0 unspecified atom stereocenters. The van der Waals surface area contributed by atoms with Gasteiger partial charge >= 0.3 is 0 Å². The van der Waals surface area contributed by atoms with Crippen molar-refractivity contribution in [3.63, 3.8) is 0 Å². The molecule has 0 saturated heterocycles. The van der Waals surface area contributed by atoms with Crippen LogP contribution in [0.2, 0.25) is 0 Å². The quantitative estimate of drug-likeness (QED) is 0.208. The fourth-order valence-corrected chi connectivity index (χ4v) is 3.14. The van der Waals surface area contributed by atoms with Gasteiger partial charge in [0.1, 0.15) is 11.9 Å². The molecule has 0 aliphatic heterocycles. The highest BCUT2D eigenvalue weighted by molar-refractivity contribution is 5.51. The average molecular weight is 335 g/mol. The largest absolute Gasteiger partial charge is 0.234 e. The summed E-state index contributed by atoms with van der Waals surface area (Å²) in [6.45, 7) is 2.27. The van der Waals surface area contributed by atoms with Gasteiger partial charge in [0.05, 0.1) is 0 Å². The SMILES string of the molecule is CCCCCCCCCCCCCCCCCC(C=C=O)C=C=O. The predicted molar refractivity (Wildman–Crippen MR) is 104 cm³/mol. The lowest BCUT2D eigenvalue weighted by molar-refractivity contribution is 0.523. The standard InChI is InChI=1S/C22H38O2/c1-2-3-4-5-6-7-8-9-10-11-12-13-14-15-16-17-22(18-20-23)19-21-24/h18-19,22H,2-17H2,1H3. The Hall–Kier alpha value is -1.10. The molecule has 0 N–H and O–H groups in total. The number of allylic oxidation sites excluding steroid dienone is 2. The van der Waals surface area contributed by atoms with Crippen LogP contribution in [0.3, 0.4) is 0 Å². The summed E-state index contributed by atoms with van der Waals surface area (Å²) in [5, 5.41) is 0. The van der Waals surface area contributed by atoms with Crippen molar-refractivity contribution < 1.29 is 9.59 Å². The molecule has 0 rings (SSSR count). The van der Waals surface area contributed by atoms with Crippen molar-refractivity contribution in [2.24, 2.45) is 5.92 Å². The first-order valence-electron chi connectivity index (χ1n) is 10.3. The fraction of sp³-hybridized carbons (Fsp3) is 0.818. The monoisotopic (exact) mass is 334 g/mol. The highest BCUT2D eigenvalue weighted by atomic mass is 16.1. The van der Waals surface area contributed by atoms with Crippen molar-refractivity contribution >= 4 is 11.9 Å². The second-order valence-corrected chi connectivity index (χ2v) is 6.97. The Morgan fingerprint density at radius 2 is 0.917 bits per heavy atom. The van der Waals surface area contributed by atoms with E-state index in [1.165, 1.54) is 102 Å². The van der Waals surface area contributed by atoms with E-state index in [0.29, 0.717) is 0 Å². The van der Waals surface area contributed by atoms with Crippen LogP contribution in [0.1, 0.15) is 110 Å². The van der Waals surface area contributed by atoms with E-state index < -0.39 is 0 Å². The molecule has 0 atom stereocenters. The minimum absolute atomic E-state index is 0.0676. The molecule has 0 aromatic carbocycles. The van der Waals surface area contributed by atoms with Crippen molar-refractivity contribution in [3.8, 4) is 0 Å². The summed E-state index contributed by atoms with van der Waals surface area (Å²) in [6, 6.07) is 0. The smallest absolute Gasteiger partial charge is 0.120 e. The predicted octanol–water partition coefficient (Wildman–Crippen LogP) is 6.64. The van der Waals surface area contributed by atoms with E-state index in [2.05, 4.69) is 6.92 Å². The Labute approximate surface area is 149 Å². The van der Waals surface area contributed by atoms with E-state index in [1.54, 1.807) is 11.9 Å². The van der Waals surface area contributed by atoms with Crippen LogP contribution in [-0.4, -0.2) is 11.9 Å². The molecule has 0 heterocycles. The van der Waals surface area contributed by atoms with E-state index in [0.717, 1.165) is 12.8 Å². The third kappa shape index (κ3) is 17.3. The number of hydrogen-bond acceptors (Lipinski definition) is 2. The van der Waals surface area contributed by atoms with Crippen LogP contribution in [0.15, 0.2) is 12.2 Å². The molecular formula is C22H38O2. The molecule has 0 aromatic heterocycles. The molecule has 0 saturated carbocycles. The summed E-state index contributed by atoms with van der Waals surface area (Å²) in [5.74, 6) is 3.47. The minimum atomic E-state index is -0.0676. The van der Waals surface area contributed by atoms with Crippen LogP contribution in [-0.2, 0) is 9.59 Å². The molecule has 0 aliphatic carbocycles. The van der Waals surface area contributed by atoms with Crippen LogP contribution < -0.4 is 0 Å². The van der Waals surface area contributed by atoms with E-state index in [9.17, 15) is 9.59 Å². The molecule has 0 aliphatic rings. The zero-order chi connectivity index (χ0) is 17.7. The first-order chi connectivity index (χ1) is 11.8. The Kier molecular flexibility index (Phi) is 19.0. The van der Waals surface area contributed by atoms with Crippen LogP contribution in [0, 0.1) is 5.92 Å². The van der Waals surface area contributed by atoms with E-state index in [4.69, 9.17) is 0 Å².